The molecule has 4 aromatic carbocycles. The molecule has 0 bridgehead atoms. The van der Waals surface area contributed by atoms with Gasteiger partial charge in [-0.15, -0.1) is 0 Å². The fourth-order valence-corrected chi connectivity index (χ4v) is 5.29. The van der Waals surface area contributed by atoms with Gasteiger partial charge in [-0.2, -0.15) is 0 Å². The fraction of sp³-hybridized carbons (Fsp3) is 0. The Morgan fingerprint density at radius 3 is 2.00 bits per heavy atom. The third kappa shape index (κ3) is 3.48. The van der Waals surface area contributed by atoms with E-state index in [1.165, 1.54) is 0 Å². The summed E-state index contributed by atoms with van der Waals surface area (Å²) in [6, 6.07) is 40.5. The molecule has 0 aliphatic carbocycles. The second-order valence-corrected chi connectivity index (χ2v) is 9.47. The van der Waals surface area contributed by atoms with Crippen molar-refractivity contribution in [2.45, 2.75) is 0 Å². The van der Waals surface area contributed by atoms with E-state index >= 15 is 0 Å². The molecule has 0 spiro atoms. The van der Waals surface area contributed by atoms with Crippen molar-refractivity contribution in [1.29, 1.82) is 0 Å². The Morgan fingerprint density at radius 2 is 1.13 bits per heavy atom. The van der Waals surface area contributed by atoms with Crippen LogP contribution in [0, 0.1) is 0 Å². The molecular formula is C34H20N4O. The molecule has 8 rings (SSSR count). The first-order valence-corrected chi connectivity index (χ1v) is 12.8. The van der Waals surface area contributed by atoms with Gasteiger partial charge in [0.05, 0.1) is 16.9 Å². The molecule has 5 heteroatoms. The predicted molar refractivity (Wildman–Crippen MR) is 156 cm³/mol. The standard InChI is InChI=1S/C34H20N4O/c1-2-11-21(12-3-1)30-33-32(25-16-7-9-20-29(25)39-33)38-34(37-30)28-19-10-18-27(35-28)31-24-15-5-4-13-22(24)23-14-6-8-17-26(23)36-31/h1-20H. The molecule has 5 nitrogen and oxygen atoms in total. The van der Waals surface area contributed by atoms with Gasteiger partial charge in [-0.1, -0.05) is 91.0 Å². The van der Waals surface area contributed by atoms with Gasteiger partial charge in [0.1, 0.15) is 22.5 Å². The Balaban J connectivity index is 1.38. The lowest BCUT2D eigenvalue weighted by Gasteiger charge is -2.10. The summed E-state index contributed by atoms with van der Waals surface area (Å²) >= 11 is 0. The molecule has 0 N–H and O–H groups in total. The van der Waals surface area contributed by atoms with Crippen LogP contribution in [-0.4, -0.2) is 19.9 Å². The molecule has 0 aliphatic heterocycles. The smallest absolute Gasteiger partial charge is 0.180 e. The third-order valence-corrected chi connectivity index (χ3v) is 7.10. The minimum absolute atomic E-state index is 0.542. The molecule has 0 saturated heterocycles. The summed E-state index contributed by atoms with van der Waals surface area (Å²) in [4.78, 5) is 20.1. The highest BCUT2D eigenvalue weighted by molar-refractivity contribution is 6.10. The van der Waals surface area contributed by atoms with Crippen molar-refractivity contribution in [2.75, 3.05) is 0 Å². The zero-order chi connectivity index (χ0) is 25.8. The number of hydrogen-bond acceptors (Lipinski definition) is 5. The van der Waals surface area contributed by atoms with Crippen LogP contribution in [0.4, 0.5) is 0 Å². The van der Waals surface area contributed by atoms with E-state index in [1.807, 2.05) is 97.1 Å². The van der Waals surface area contributed by atoms with Crippen LogP contribution in [-0.2, 0) is 0 Å². The van der Waals surface area contributed by atoms with Crippen LogP contribution in [0.2, 0.25) is 0 Å². The number of furan rings is 1. The summed E-state index contributed by atoms with van der Waals surface area (Å²) in [5.74, 6) is 0.542. The first kappa shape index (κ1) is 21.6. The molecule has 4 heterocycles. The van der Waals surface area contributed by atoms with Gasteiger partial charge in [0, 0.05) is 21.7 Å². The highest BCUT2D eigenvalue weighted by Gasteiger charge is 2.19. The fourth-order valence-electron chi connectivity index (χ4n) is 5.29. The van der Waals surface area contributed by atoms with Crippen molar-refractivity contribution in [3.8, 4) is 34.2 Å². The monoisotopic (exact) mass is 500 g/mol. The van der Waals surface area contributed by atoms with Gasteiger partial charge in [-0.05, 0) is 35.7 Å². The van der Waals surface area contributed by atoms with Crippen molar-refractivity contribution in [3.63, 3.8) is 0 Å². The summed E-state index contributed by atoms with van der Waals surface area (Å²) < 4.78 is 6.26. The van der Waals surface area contributed by atoms with E-state index in [-0.39, 0.29) is 0 Å². The predicted octanol–water partition coefficient (Wildman–Crippen LogP) is 8.47. The molecule has 0 radical (unpaired) electrons. The van der Waals surface area contributed by atoms with E-state index in [1.54, 1.807) is 0 Å². The van der Waals surface area contributed by atoms with Crippen LogP contribution in [0.25, 0.3) is 77.9 Å². The van der Waals surface area contributed by atoms with E-state index < -0.39 is 0 Å². The number of hydrogen-bond donors (Lipinski definition) is 0. The van der Waals surface area contributed by atoms with Crippen molar-refractivity contribution >= 4 is 43.7 Å². The molecule has 0 amide bonds. The molecule has 39 heavy (non-hydrogen) atoms. The third-order valence-electron chi connectivity index (χ3n) is 7.10. The van der Waals surface area contributed by atoms with E-state index in [4.69, 9.17) is 24.4 Å². The van der Waals surface area contributed by atoms with Gasteiger partial charge in [-0.25, -0.2) is 19.9 Å². The van der Waals surface area contributed by atoms with E-state index in [0.29, 0.717) is 17.1 Å². The molecule has 0 fully saturated rings. The molecule has 182 valence electrons. The lowest BCUT2D eigenvalue weighted by atomic mass is 10.0. The number of fused-ring (bicyclic) bond motifs is 6. The molecule has 8 aromatic rings. The second-order valence-electron chi connectivity index (χ2n) is 9.47. The highest BCUT2D eigenvalue weighted by atomic mass is 16.3. The van der Waals surface area contributed by atoms with Crippen molar-refractivity contribution < 1.29 is 4.42 Å². The average Bonchev–Trinajstić information content (AvgIpc) is 3.39. The number of pyridine rings is 2. The first-order chi connectivity index (χ1) is 19.3. The zero-order valence-corrected chi connectivity index (χ0v) is 20.7. The number of para-hydroxylation sites is 2. The Morgan fingerprint density at radius 1 is 0.436 bits per heavy atom. The maximum atomic E-state index is 6.26. The van der Waals surface area contributed by atoms with Crippen LogP contribution in [0.5, 0.6) is 0 Å². The number of nitrogens with zero attached hydrogens (tertiary/aromatic N) is 4. The number of benzene rings is 4. The van der Waals surface area contributed by atoms with Crippen molar-refractivity contribution in [1.82, 2.24) is 19.9 Å². The SMILES string of the molecule is c1ccc(-c2nc(-c3cccc(-c4nc5ccccc5c5ccccc45)n3)nc3c2oc2ccccc23)cc1. The quantitative estimate of drug-likeness (QED) is 0.228. The number of aromatic nitrogens is 4. The lowest BCUT2D eigenvalue weighted by molar-refractivity contribution is 0.667. The summed E-state index contributed by atoms with van der Waals surface area (Å²) in [6.07, 6.45) is 0. The van der Waals surface area contributed by atoms with Gasteiger partial charge >= 0.3 is 0 Å². The van der Waals surface area contributed by atoms with Gasteiger partial charge in [0.15, 0.2) is 11.4 Å². The Bertz CT molecular complexity index is 2180. The van der Waals surface area contributed by atoms with Crippen molar-refractivity contribution in [2.24, 2.45) is 0 Å². The van der Waals surface area contributed by atoms with Gasteiger partial charge < -0.3 is 4.42 Å². The van der Waals surface area contributed by atoms with Gasteiger partial charge in [0.25, 0.3) is 0 Å². The van der Waals surface area contributed by atoms with Crippen LogP contribution in [0.15, 0.2) is 126 Å². The zero-order valence-electron chi connectivity index (χ0n) is 20.7. The number of rotatable bonds is 3. The minimum Gasteiger partial charge on any atom is -0.452 e. The van der Waals surface area contributed by atoms with Crippen LogP contribution >= 0.6 is 0 Å². The van der Waals surface area contributed by atoms with E-state index in [2.05, 4.69) is 24.3 Å². The van der Waals surface area contributed by atoms with Gasteiger partial charge in [0.2, 0.25) is 0 Å². The van der Waals surface area contributed by atoms with Crippen LogP contribution < -0.4 is 0 Å². The minimum atomic E-state index is 0.542. The molecular weight excluding hydrogens is 480 g/mol. The summed E-state index contributed by atoms with van der Waals surface area (Å²) in [7, 11) is 0. The molecule has 0 aliphatic rings. The topological polar surface area (TPSA) is 64.7 Å². The molecule has 4 aromatic heterocycles. The van der Waals surface area contributed by atoms with Gasteiger partial charge in [-0.3, -0.25) is 0 Å². The van der Waals surface area contributed by atoms with Crippen molar-refractivity contribution in [3.05, 3.63) is 121 Å². The second kappa shape index (κ2) is 8.57. The summed E-state index contributed by atoms with van der Waals surface area (Å²) in [6.45, 7) is 0. The van der Waals surface area contributed by atoms with Crippen LogP contribution in [0.1, 0.15) is 0 Å². The highest BCUT2D eigenvalue weighted by Crippen LogP contribution is 2.36. The summed E-state index contributed by atoms with van der Waals surface area (Å²) in [5, 5.41) is 4.29. The van der Waals surface area contributed by atoms with E-state index in [0.717, 1.165) is 60.8 Å². The maximum absolute atomic E-state index is 6.26. The lowest BCUT2D eigenvalue weighted by Crippen LogP contribution is -1.98. The molecule has 0 saturated carbocycles. The first-order valence-electron chi connectivity index (χ1n) is 12.8. The molecule has 0 atom stereocenters. The maximum Gasteiger partial charge on any atom is 0.180 e. The van der Waals surface area contributed by atoms with E-state index in [9.17, 15) is 0 Å². The normalized spacial score (nSPS) is 11.6. The average molecular weight is 501 g/mol. The Hall–Kier alpha value is -5.42. The van der Waals surface area contributed by atoms with Crippen LogP contribution in [0.3, 0.4) is 0 Å². The Kier molecular flexibility index (Phi) is 4.76. The summed E-state index contributed by atoms with van der Waals surface area (Å²) in [5.41, 5.74) is 7.16. The largest absolute Gasteiger partial charge is 0.452 e. The Labute approximate surface area is 223 Å². The molecule has 0 unspecified atom stereocenters.